The summed E-state index contributed by atoms with van der Waals surface area (Å²) in [7, 11) is 1.62. The van der Waals surface area contributed by atoms with Crippen molar-refractivity contribution in [2.75, 3.05) is 13.7 Å². The quantitative estimate of drug-likeness (QED) is 0.494. The number of ether oxygens (including phenoxy) is 1. The molecule has 1 amide bonds. The average Bonchev–Trinajstić information content (AvgIpc) is 3.18. The molecule has 5 rings (SSSR count). The number of benzene rings is 3. The number of aromatic nitrogens is 1. The summed E-state index contributed by atoms with van der Waals surface area (Å²) in [6.45, 7) is 0.453. The topological polar surface area (TPSA) is 45.3 Å². The van der Waals surface area contributed by atoms with Crippen LogP contribution in [-0.4, -0.2) is 29.4 Å². The van der Waals surface area contributed by atoms with Gasteiger partial charge in [-0.1, -0.05) is 24.3 Å². The third-order valence-electron chi connectivity index (χ3n) is 5.88. The summed E-state index contributed by atoms with van der Waals surface area (Å²) < 4.78 is 33.2. The van der Waals surface area contributed by atoms with E-state index >= 15 is 0 Å². The normalized spacial score (nSPS) is 15.7. The summed E-state index contributed by atoms with van der Waals surface area (Å²) >= 11 is 0. The maximum absolute atomic E-state index is 14.2. The fourth-order valence-electron chi connectivity index (χ4n) is 4.39. The first-order valence-corrected chi connectivity index (χ1v) is 10.1. The van der Waals surface area contributed by atoms with Crippen LogP contribution in [0.15, 0.2) is 66.7 Å². The van der Waals surface area contributed by atoms with Crippen molar-refractivity contribution in [3.05, 3.63) is 101 Å². The van der Waals surface area contributed by atoms with Gasteiger partial charge >= 0.3 is 0 Å². The third-order valence-corrected chi connectivity index (χ3v) is 5.88. The molecule has 4 nitrogen and oxygen atoms in total. The monoisotopic (exact) mass is 418 g/mol. The Kier molecular flexibility index (Phi) is 4.70. The number of methoxy groups -OCH3 is 1. The zero-order chi connectivity index (χ0) is 21.5. The lowest BCUT2D eigenvalue weighted by atomic mass is 9.91. The molecule has 0 radical (unpaired) electrons. The molecule has 0 bridgehead atoms. The maximum Gasteiger partial charge on any atom is 0.254 e. The van der Waals surface area contributed by atoms with Crippen molar-refractivity contribution in [3.8, 4) is 5.75 Å². The molecule has 1 aliphatic heterocycles. The first kappa shape index (κ1) is 19.3. The number of H-pyrrole nitrogens is 1. The van der Waals surface area contributed by atoms with E-state index in [0.29, 0.717) is 24.1 Å². The lowest BCUT2D eigenvalue weighted by Crippen LogP contribution is -2.40. The van der Waals surface area contributed by atoms with Crippen molar-refractivity contribution in [2.24, 2.45) is 0 Å². The van der Waals surface area contributed by atoms with Gasteiger partial charge in [0.05, 0.1) is 13.2 Å². The molecule has 0 fully saturated rings. The van der Waals surface area contributed by atoms with E-state index in [1.807, 2.05) is 36.4 Å². The Bertz CT molecular complexity index is 1280. The highest BCUT2D eigenvalue weighted by Crippen LogP contribution is 2.40. The predicted molar refractivity (Wildman–Crippen MR) is 114 cm³/mol. The molecule has 1 atom stereocenters. The molecular weight excluding hydrogens is 398 g/mol. The minimum absolute atomic E-state index is 0.155. The molecule has 1 aromatic heterocycles. The number of hydrogen-bond donors (Lipinski definition) is 1. The Balaban J connectivity index is 1.69. The molecule has 0 saturated carbocycles. The van der Waals surface area contributed by atoms with Crippen LogP contribution in [0.4, 0.5) is 8.78 Å². The van der Waals surface area contributed by atoms with Gasteiger partial charge in [0.15, 0.2) is 11.6 Å². The Morgan fingerprint density at radius 2 is 1.84 bits per heavy atom. The minimum atomic E-state index is -0.936. The van der Waals surface area contributed by atoms with Crippen LogP contribution in [0.3, 0.4) is 0 Å². The molecule has 0 saturated heterocycles. The molecule has 1 aliphatic rings. The number of rotatable bonds is 3. The van der Waals surface area contributed by atoms with Crippen LogP contribution >= 0.6 is 0 Å². The summed E-state index contributed by atoms with van der Waals surface area (Å²) in [5.41, 5.74) is 3.84. The molecule has 31 heavy (non-hydrogen) atoms. The fourth-order valence-corrected chi connectivity index (χ4v) is 4.39. The molecular formula is C25H20F2N2O2. The van der Waals surface area contributed by atoms with Crippen LogP contribution < -0.4 is 4.74 Å². The van der Waals surface area contributed by atoms with E-state index in [2.05, 4.69) is 4.98 Å². The van der Waals surface area contributed by atoms with Gasteiger partial charge in [-0.05, 0) is 60.0 Å². The number of amides is 1. The van der Waals surface area contributed by atoms with Crippen molar-refractivity contribution in [3.63, 3.8) is 0 Å². The van der Waals surface area contributed by atoms with Crippen molar-refractivity contribution in [1.29, 1.82) is 0 Å². The smallest absolute Gasteiger partial charge is 0.254 e. The van der Waals surface area contributed by atoms with Gasteiger partial charge in [0, 0.05) is 28.7 Å². The first-order valence-electron chi connectivity index (χ1n) is 10.1. The number of fused-ring (bicyclic) bond motifs is 3. The van der Waals surface area contributed by atoms with Crippen LogP contribution in [0.1, 0.15) is 33.2 Å². The maximum atomic E-state index is 14.2. The van der Waals surface area contributed by atoms with Crippen LogP contribution in [0.5, 0.6) is 5.75 Å². The van der Waals surface area contributed by atoms with E-state index in [1.54, 1.807) is 24.1 Å². The number of nitrogens with one attached hydrogen (secondary N) is 1. The van der Waals surface area contributed by atoms with Crippen LogP contribution in [0.2, 0.25) is 0 Å². The molecule has 3 aromatic carbocycles. The van der Waals surface area contributed by atoms with Gasteiger partial charge in [0.2, 0.25) is 0 Å². The fraction of sp³-hybridized carbons (Fsp3) is 0.160. The van der Waals surface area contributed by atoms with Gasteiger partial charge in [-0.2, -0.15) is 0 Å². The number of carbonyl (C=O) groups excluding carboxylic acids is 1. The second-order valence-corrected chi connectivity index (χ2v) is 7.62. The van der Waals surface area contributed by atoms with E-state index in [1.165, 1.54) is 12.1 Å². The summed E-state index contributed by atoms with van der Waals surface area (Å²) in [6.07, 6.45) is 0.640. The summed E-state index contributed by atoms with van der Waals surface area (Å²) in [4.78, 5) is 18.5. The Hall–Kier alpha value is -3.67. The van der Waals surface area contributed by atoms with Crippen molar-refractivity contribution >= 4 is 16.8 Å². The standard InChI is InChI=1S/C25H20F2N2O2/c1-31-17-8-10-22-19(14-17)18-11-12-29(25(30)15-5-3-2-4-6-15)24(23(18)28-22)16-7-9-20(26)21(27)13-16/h2-10,13-14,24,28H,11-12H2,1H3. The lowest BCUT2D eigenvalue weighted by Gasteiger charge is -2.36. The van der Waals surface area contributed by atoms with E-state index in [4.69, 9.17) is 4.74 Å². The average molecular weight is 418 g/mol. The van der Waals surface area contributed by atoms with E-state index in [-0.39, 0.29) is 5.91 Å². The Labute approximate surface area is 178 Å². The van der Waals surface area contributed by atoms with Crippen molar-refractivity contribution < 1.29 is 18.3 Å². The van der Waals surface area contributed by atoms with Crippen LogP contribution in [-0.2, 0) is 6.42 Å². The van der Waals surface area contributed by atoms with E-state index < -0.39 is 17.7 Å². The molecule has 156 valence electrons. The van der Waals surface area contributed by atoms with Crippen LogP contribution in [0.25, 0.3) is 10.9 Å². The summed E-state index contributed by atoms with van der Waals surface area (Å²) in [6, 6.07) is 18.0. The molecule has 1 unspecified atom stereocenters. The third kappa shape index (κ3) is 3.24. The Morgan fingerprint density at radius 1 is 1.03 bits per heavy atom. The predicted octanol–water partition coefficient (Wildman–Crippen LogP) is 5.24. The molecule has 6 heteroatoms. The van der Waals surface area contributed by atoms with Gasteiger partial charge in [-0.3, -0.25) is 4.79 Å². The van der Waals surface area contributed by atoms with Gasteiger partial charge in [0.1, 0.15) is 5.75 Å². The zero-order valence-electron chi connectivity index (χ0n) is 16.9. The highest BCUT2D eigenvalue weighted by molar-refractivity contribution is 5.95. The Morgan fingerprint density at radius 3 is 2.58 bits per heavy atom. The number of nitrogens with zero attached hydrogens (tertiary/aromatic N) is 1. The van der Waals surface area contributed by atoms with Crippen molar-refractivity contribution in [2.45, 2.75) is 12.5 Å². The molecule has 1 N–H and O–H groups in total. The second-order valence-electron chi connectivity index (χ2n) is 7.62. The first-order chi connectivity index (χ1) is 15.1. The highest BCUT2D eigenvalue weighted by atomic mass is 19.2. The number of halogens is 2. The van der Waals surface area contributed by atoms with Gasteiger partial charge in [0.25, 0.3) is 5.91 Å². The lowest BCUT2D eigenvalue weighted by molar-refractivity contribution is 0.0691. The molecule has 0 aliphatic carbocycles. The summed E-state index contributed by atoms with van der Waals surface area (Å²) in [5.74, 6) is -1.27. The number of aromatic amines is 1. The van der Waals surface area contributed by atoms with Gasteiger partial charge < -0.3 is 14.6 Å². The SMILES string of the molecule is COc1ccc2[nH]c3c(c2c1)CCN(C(=O)c1ccccc1)C3c1ccc(F)c(F)c1. The molecule has 4 aromatic rings. The number of hydrogen-bond acceptors (Lipinski definition) is 2. The van der Waals surface area contributed by atoms with Gasteiger partial charge in [-0.25, -0.2) is 8.78 Å². The highest BCUT2D eigenvalue weighted by Gasteiger charge is 2.35. The zero-order valence-corrected chi connectivity index (χ0v) is 16.9. The van der Waals surface area contributed by atoms with E-state index in [0.717, 1.165) is 34.0 Å². The molecule has 2 heterocycles. The van der Waals surface area contributed by atoms with Crippen molar-refractivity contribution in [1.82, 2.24) is 9.88 Å². The van der Waals surface area contributed by atoms with Crippen LogP contribution in [0, 0.1) is 11.6 Å². The van der Waals surface area contributed by atoms with E-state index in [9.17, 15) is 13.6 Å². The second kappa shape index (κ2) is 7.54. The molecule has 0 spiro atoms. The number of carbonyl (C=O) groups is 1. The summed E-state index contributed by atoms with van der Waals surface area (Å²) in [5, 5.41) is 1.01. The minimum Gasteiger partial charge on any atom is -0.497 e. The van der Waals surface area contributed by atoms with Gasteiger partial charge in [-0.15, -0.1) is 0 Å². The largest absolute Gasteiger partial charge is 0.497 e.